The lowest BCUT2D eigenvalue weighted by atomic mass is 9.87. The molecular formula is C20H19F2N3. The first-order valence-electron chi connectivity index (χ1n) is 8.51. The zero-order valence-electron chi connectivity index (χ0n) is 13.7. The number of halogens is 2. The molecule has 0 saturated carbocycles. The van der Waals surface area contributed by atoms with Gasteiger partial charge in [0, 0.05) is 29.8 Å². The molecule has 1 atom stereocenters. The van der Waals surface area contributed by atoms with Gasteiger partial charge in [0.25, 0.3) is 0 Å². The van der Waals surface area contributed by atoms with Gasteiger partial charge in [0.1, 0.15) is 11.6 Å². The molecule has 4 rings (SSSR count). The number of aromatic nitrogens is 2. The molecule has 128 valence electrons. The molecule has 0 spiro atoms. The second-order valence-corrected chi connectivity index (χ2v) is 6.42. The number of aromatic amines is 1. The predicted molar refractivity (Wildman–Crippen MR) is 92.9 cm³/mol. The van der Waals surface area contributed by atoms with Gasteiger partial charge in [0.05, 0.1) is 11.9 Å². The van der Waals surface area contributed by atoms with Crippen molar-refractivity contribution in [3.05, 3.63) is 77.0 Å². The van der Waals surface area contributed by atoms with Crippen LogP contribution in [0, 0.1) is 11.6 Å². The van der Waals surface area contributed by atoms with E-state index in [9.17, 15) is 8.78 Å². The molecule has 5 heteroatoms. The Morgan fingerprint density at radius 1 is 1.16 bits per heavy atom. The van der Waals surface area contributed by atoms with Crippen LogP contribution in [0.5, 0.6) is 0 Å². The lowest BCUT2D eigenvalue weighted by Crippen LogP contribution is -2.24. The summed E-state index contributed by atoms with van der Waals surface area (Å²) >= 11 is 0. The average Bonchev–Trinajstić information content (AvgIpc) is 3.08. The highest BCUT2D eigenvalue weighted by Gasteiger charge is 2.20. The molecule has 1 heterocycles. The van der Waals surface area contributed by atoms with E-state index in [1.54, 1.807) is 6.20 Å². The Labute approximate surface area is 145 Å². The second kappa shape index (κ2) is 6.76. The van der Waals surface area contributed by atoms with Crippen LogP contribution in [0.25, 0.3) is 11.3 Å². The van der Waals surface area contributed by atoms with E-state index < -0.39 is 11.6 Å². The van der Waals surface area contributed by atoms with Crippen LogP contribution in [0.15, 0.2) is 48.7 Å². The minimum Gasteiger partial charge on any atom is -0.306 e. The summed E-state index contributed by atoms with van der Waals surface area (Å²) in [5, 5.41) is 10.4. The van der Waals surface area contributed by atoms with Gasteiger partial charge in [0.15, 0.2) is 0 Å². The minimum atomic E-state index is -0.589. The largest absolute Gasteiger partial charge is 0.306 e. The number of hydrogen-bond donors (Lipinski definition) is 2. The average molecular weight is 339 g/mol. The molecule has 2 N–H and O–H groups in total. The van der Waals surface area contributed by atoms with Crippen LogP contribution < -0.4 is 5.32 Å². The molecule has 0 saturated heterocycles. The van der Waals surface area contributed by atoms with Crippen LogP contribution in [0.4, 0.5) is 8.78 Å². The van der Waals surface area contributed by atoms with E-state index >= 15 is 0 Å². The molecule has 0 fully saturated rings. The Kier molecular flexibility index (Phi) is 4.32. The smallest absolute Gasteiger partial charge is 0.135 e. The summed E-state index contributed by atoms with van der Waals surface area (Å²) in [6, 6.07) is 12.4. The summed E-state index contributed by atoms with van der Waals surface area (Å²) in [6.45, 7) is 0.571. The summed E-state index contributed by atoms with van der Waals surface area (Å²) in [7, 11) is 0. The maximum absolute atomic E-state index is 14.1. The molecule has 1 aromatic heterocycles. The molecule has 3 aromatic rings. The molecule has 2 aromatic carbocycles. The zero-order valence-corrected chi connectivity index (χ0v) is 13.7. The Morgan fingerprint density at radius 2 is 2.04 bits per heavy atom. The van der Waals surface area contributed by atoms with Gasteiger partial charge in [-0.3, -0.25) is 5.10 Å². The normalized spacial score (nSPS) is 16.6. The number of nitrogens with one attached hydrogen (secondary N) is 2. The highest BCUT2D eigenvalue weighted by molar-refractivity contribution is 5.63. The van der Waals surface area contributed by atoms with Crippen molar-refractivity contribution in [2.24, 2.45) is 0 Å². The van der Waals surface area contributed by atoms with Gasteiger partial charge in [-0.05, 0) is 42.5 Å². The zero-order chi connectivity index (χ0) is 17.2. The van der Waals surface area contributed by atoms with Crippen molar-refractivity contribution in [3.63, 3.8) is 0 Å². The van der Waals surface area contributed by atoms with Crippen molar-refractivity contribution >= 4 is 0 Å². The molecule has 1 aliphatic rings. The van der Waals surface area contributed by atoms with E-state index in [2.05, 4.69) is 39.8 Å². The first-order chi connectivity index (χ1) is 12.2. The number of hydrogen-bond acceptors (Lipinski definition) is 2. The quantitative estimate of drug-likeness (QED) is 0.733. The fourth-order valence-corrected chi connectivity index (χ4v) is 3.57. The van der Waals surface area contributed by atoms with Gasteiger partial charge in [-0.15, -0.1) is 0 Å². The van der Waals surface area contributed by atoms with Crippen LogP contribution >= 0.6 is 0 Å². The van der Waals surface area contributed by atoms with Crippen LogP contribution in [0.1, 0.15) is 35.6 Å². The third kappa shape index (κ3) is 3.20. The van der Waals surface area contributed by atoms with Crippen LogP contribution in [0.2, 0.25) is 0 Å². The highest BCUT2D eigenvalue weighted by atomic mass is 19.1. The van der Waals surface area contributed by atoms with Gasteiger partial charge in [-0.2, -0.15) is 5.10 Å². The predicted octanol–water partition coefficient (Wildman–Crippen LogP) is 4.52. The Bertz CT molecular complexity index is 888. The number of H-pyrrole nitrogens is 1. The number of nitrogens with zero attached hydrogens (tertiary/aromatic N) is 1. The first kappa shape index (κ1) is 16.0. The fraction of sp³-hybridized carbons (Fsp3) is 0.250. The SMILES string of the molecule is Fc1ccc(-c2[nH]ncc2CN[C@H]2CCCc3ccccc32)c(F)c1. The topological polar surface area (TPSA) is 40.7 Å². The molecule has 0 amide bonds. The van der Waals surface area contributed by atoms with Gasteiger partial charge in [-0.25, -0.2) is 8.78 Å². The molecular weight excluding hydrogens is 320 g/mol. The monoisotopic (exact) mass is 339 g/mol. The highest BCUT2D eigenvalue weighted by Crippen LogP contribution is 2.30. The van der Waals surface area contributed by atoms with Gasteiger partial charge >= 0.3 is 0 Å². The maximum Gasteiger partial charge on any atom is 0.135 e. The van der Waals surface area contributed by atoms with Crippen molar-refractivity contribution < 1.29 is 8.78 Å². The second-order valence-electron chi connectivity index (χ2n) is 6.42. The lowest BCUT2D eigenvalue weighted by Gasteiger charge is -2.26. The molecule has 0 bridgehead atoms. The van der Waals surface area contributed by atoms with E-state index in [4.69, 9.17) is 0 Å². The molecule has 25 heavy (non-hydrogen) atoms. The van der Waals surface area contributed by atoms with Crippen molar-refractivity contribution in [1.29, 1.82) is 0 Å². The van der Waals surface area contributed by atoms with Crippen molar-refractivity contribution in [3.8, 4) is 11.3 Å². The van der Waals surface area contributed by atoms with Gasteiger partial charge < -0.3 is 5.32 Å². The molecule has 0 radical (unpaired) electrons. The number of benzene rings is 2. The number of fused-ring (bicyclic) bond motifs is 1. The Morgan fingerprint density at radius 3 is 2.92 bits per heavy atom. The number of rotatable bonds is 4. The number of aryl methyl sites for hydroxylation is 1. The van der Waals surface area contributed by atoms with Crippen molar-refractivity contribution in [2.45, 2.75) is 31.8 Å². The summed E-state index contributed by atoms with van der Waals surface area (Å²) in [4.78, 5) is 0. The molecule has 0 unspecified atom stereocenters. The van der Waals surface area contributed by atoms with E-state index in [1.165, 1.54) is 23.3 Å². The molecule has 1 aliphatic carbocycles. The molecule has 3 nitrogen and oxygen atoms in total. The summed E-state index contributed by atoms with van der Waals surface area (Å²) in [6.07, 6.45) is 5.04. The van der Waals surface area contributed by atoms with Crippen LogP contribution in [-0.2, 0) is 13.0 Å². The Balaban J connectivity index is 1.55. The van der Waals surface area contributed by atoms with E-state index in [1.807, 2.05) is 0 Å². The lowest BCUT2D eigenvalue weighted by molar-refractivity contribution is 0.459. The van der Waals surface area contributed by atoms with Gasteiger partial charge in [-0.1, -0.05) is 24.3 Å². The summed E-state index contributed by atoms with van der Waals surface area (Å²) in [5.74, 6) is -1.17. The fourth-order valence-electron chi connectivity index (χ4n) is 3.57. The van der Waals surface area contributed by atoms with E-state index in [0.717, 1.165) is 30.9 Å². The maximum atomic E-state index is 14.1. The van der Waals surface area contributed by atoms with Crippen molar-refractivity contribution in [1.82, 2.24) is 15.5 Å². The van der Waals surface area contributed by atoms with E-state index in [-0.39, 0.29) is 6.04 Å². The minimum absolute atomic E-state index is 0.283. The summed E-state index contributed by atoms with van der Waals surface area (Å²) < 4.78 is 27.2. The summed E-state index contributed by atoms with van der Waals surface area (Å²) in [5.41, 5.74) is 4.53. The van der Waals surface area contributed by atoms with E-state index in [0.29, 0.717) is 17.8 Å². The third-order valence-corrected chi connectivity index (χ3v) is 4.83. The molecule has 0 aliphatic heterocycles. The van der Waals surface area contributed by atoms with Crippen LogP contribution in [0.3, 0.4) is 0 Å². The Hall–Kier alpha value is -2.53. The van der Waals surface area contributed by atoms with Crippen molar-refractivity contribution in [2.75, 3.05) is 0 Å². The standard InChI is InChI=1S/C20H19F2N3/c21-15-8-9-17(18(22)10-15)20-14(12-24-25-20)11-23-19-7-3-5-13-4-1-2-6-16(13)19/h1-2,4,6,8-10,12,19,23H,3,5,7,11H2,(H,24,25)/t19-/m0/s1. The first-order valence-corrected chi connectivity index (χ1v) is 8.51. The van der Waals surface area contributed by atoms with Crippen LogP contribution in [-0.4, -0.2) is 10.2 Å². The third-order valence-electron chi connectivity index (χ3n) is 4.83. The van der Waals surface area contributed by atoms with Gasteiger partial charge in [0.2, 0.25) is 0 Å².